The van der Waals surface area contributed by atoms with Gasteiger partial charge in [0.05, 0.1) is 0 Å². The zero-order valence-corrected chi connectivity index (χ0v) is 12.3. The van der Waals surface area contributed by atoms with Gasteiger partial charge in [0, 0.05) is 28.8 Å². The summed E-state index contributed by atoms with van der Waals surface area (Å²) in [7, 11) is 1.78. The Hall–Kier alpha value is -0.330. The highest BCUT2D eigenvalue weighted by Gasteiger charge is 2.15. The minimum Gasteiger partial charge on any atom is -0.338 e. The first-order valence-electron chi connectivity index (χ1n) is 4.79. The van der Waals surface area contributed by atoms with Crippen LogP contribution in [0.5, 0.6) is 0 Å². The molecule has 0 aliphatic rings. The molecule has 0 heterocycles. The number of rotatable bonds is 3. The molecule has 1 aromatic carbocycles. The van der Waals surface area contributed by atoms with Gasteiger partial charge in [0.1, 0.15) is 0 Å². The summed E-state index contributed by atoms with van der Waals surface area (Å²) in [6, 6.07) is 7.61. The number of nitrogens with two attached hydrogens (primary N) is 1. The van der Waals surface area contributed by atoms with Crippen LogP contribution < -0.4 is 5.73 Å². The Morgan fingerprint density at radius 2 is 2.19 bits per heavy atom. The largest absolute Gasteiger partial charge is 0.338 e. The third-order valence-corrected chi connectivity index (χ3v) is 3.07. The Morgan fingerprint density at radius 3 is 2.69 bits per heavy atom. The highest BCUT2D eigenvalue weighted by atomic mass is 127. The molecule has 3 nitrogen and oxygen atoms in total. The van der Waals surface area contributed by atoms with E-state index in [4.69, 9.17) is 5.73 Å². The minimum atomic E-state index is 0. The van der Waals surface area contributed by atoms with E-state index in [2.05, 4.69) is 22.6 Å². The Bertz CT molecular complexity index is 360. The number of carbonyl (C=O) groups excluding carboxylic acids is 1. The smallest absolute Gasteiger partial charge is 0.253 e. The van der Waals surface area contributed by atoms with Crippen molar-refractivity contribution in [3.8, 4) is 0 Å². The van der Waals surface area contributed by atoms with E-state index in [-0.39, 0.29) is 24.4 Å². The van der Waals surface area contributed by atoms with E-state index in [0.717, 1.165) is 3.57 Å². The first-order valence-corrected chi connectivity index (χ1v) is 5.87. The van der Waals surface area contributed by atoms with E-state index in [1.165, 1.54) is 0 Å². The Kier molecular flexibility index (Phi) is 6.94. The van der Waals surface area contributed by atoms with E-state index in [1.54, 1.807) is 11.9 Å². The van der Waals surface area contributed by atoms with Crippen LogP contribution in [0.3, 0.4) is 0 Å². The van der Waals surface area contributed by atoms with E-state index >= 15 is 0 Å². The van der Waals surface area contributed by atoms with Gasteiger partial charge in [-0.05, 0) is 47.7 Å². The maximum atomic E-state index is 12.0. The van der Waals surface area contributed by atoms with Crippen molar-refractivity contribution in [2.75, 3.05) is 13.6 Å². The number of amides is 1. The summed E-state index contributed by atoms with van der Waals surface area (Å²) in [4.78, 5) is 13.6. The van der Waals surface area contributed by atoms with Crippen LogP contribution in [0.4, 0.5) is 0 Å². The van der Waals surface area contributed by atoms with E-state index in [9.17, 15) is 4.79 Å². The van der Waals surface area contributed by atoms with Gasteiger partial charge in [-0.25, -0.2) is 0 Å². The van der Waals surface area contributed by atoms with E-state index in [0.29, 0.717) is 12.1 Å². The maximum absolute atomic E-state index is 12.0. The van der Waals surface area contributed by atoms with Crippen molar-refractivity contribution in [3.05, 3.63) is 33.4 Å². The lowest BCUT2D eigenvalue weighted by Gasteiger charge is -2.23. The summed E-state index contributed by atoms with van der Waals surface area (Å²) >= 11 is 2.19. The molecule has 0 saturated heterocycles. The molecule has 1 rings (SSSR count). The summed E-state index contributed by atoms with van der Waals surface area (Å²) in [6.07, 6.45) is 0. The third-order valence-electron chi connectivity index (χ3n) is 2.39. The van der Waals surface area contributed by atoms with Crippen molar-refractivity contribution >= 4 is 40.9 Å². The van der Waals surface area contributed by atoms with Gasteiger partial charge in [-0.3, -0.25) is 4.79 Å². The molecular weight excluding hydrogens is 338 g/mol. The average Bonchev–Trinajstić information content (AvgIpc) is 2.26. The van der Waals surface area contributed by atoms with Crippen LogP contribution in [0.25, 0.3) is 0 Å². The predicted octanol–water partition coefficient (Wildman–Crippen LogP) is 2.13. The molecule has 0 aromatic heterocycles. The number of halogens is 2. The highest BCUT2D eigenvalue weighted by Crippen LogP contribution is 2.10. The highest BCUT2D eigenvalue weighted by molar-refractivity contribution is 14.1. The van der Waals surface area contributed by atoms with Crippen LogP contribution in [-0.4, -0.2) is 30.4 Å². The first kappa shape index (κ1) is 15.7. The summed E-state index contributed by atoms with van der Waals surface area (Å²) in [5, 5.41) is 0. The molecule has 1 unspecified atom stereocenters. The topological polar surface area (TPSA) is 46.3 Å². The Morgan fingerprint density at radius 1 is 1.56 bits per heavy atom. The molecular formula is C11H16ClIN2O. The molecule has 0 aliphatic heterocycles. The van der Waals surface area contributed by atoms with Gasteiger partial charge < -0.3 is 10.6 Å². The molecule has 2 N–H and O–H groups in total. The molecule has 0 radical (unpaired) electrons. The minimum absolute atomic E-state index is 0. The van der Waals surface area contributed by atoms with Crippen molar-refractivity contribution in [3.63, 3.8) is 0 Å². The molecule has 90 valence electrons. The number of nitrogens with zero attached hydrogens (tertiary/aromatic N) is 1. The third kappa shape index (κ3) is 3.92. The summed E-state index contributed by atoms with van der Waals surface area (Å²) in [5.41, 5.74) is 6.24. The molecule has 0 aliphatic carbocycles. The van der Waals surface area contributed by atoms with Crippen LogP contribution in [0.2, 0.25) is 0 Å². The molecule has 0 spiro atoms. The van der Waals surface area contributed by atoms with Crippen molar-refractivity contribution in [1.82, 2.24) is 4.90 Å². The molecule has 0 saturated carbocycles. The van der Waals surface area contributed by atoms with Crippen molar-refractivity contribution in [2.45, 2.75) is 13.0 Å². The van der Waals surface area contributed by atoms with Crippen LogP contribution >= 0.6 is 35.0 Å². The van der Waals surface area contributed by atoms with Crippen LogP contribution in [0.15, 0.2) is 24.3 Å². The van der Waals surface area contributed by atoms with E-state index < -0.39 is 0 Å². The van der Waals surface area contributed by atoms with Crippen molar-refractivity contribution < 1.29 is 4.79 Å². The van der Waals surface area contributed by atoms with E-state index in [1.807, 2.05) is 31.2 Å². The van der Waals surface area contributed by atoms with Gasteiger partial charge in [0.15, 0.2) is 0 Å². The fourth-order valence-corrected chi connectivity index (χ4v) is 1.73. The SMILES string of the molecule is CC(CN)N(C)C(=O)c1cccc(I)c1.Cl. The number of carbonyl (C=O) groups is 1. The normalized spacial score (nSPS) is 11.5. The Balaban J connectivity index is 0.00000225. The van der Waals surface area contributed by atoms with Gasteiger partial charge in [-0.1, -0.05) is 6.07 Å². The lowest BCUT2D eigenvalue weighted by atomic mass is 10.2. The van der Waals surface area contributed by atoms with Gasteiger partial charge in [-0.15, -0.1) is 12.4 Å². The average molecular weight is 355 g/mol. The number of hydrogen-bond acceptors (Lipinski definition) is 2. The van der Waals surface area contributed by atoms with Gasteiger partial charge in [0.25, 0.3) is 5.91 Å². The summed E-state index contributed by atoms with van der Waals surface area (Å²) < 4.78 is 1.06. The molecule has 1 aromatic rings. The lowest BCUT2D eigenvalue weighted by molar-refractivity contribution is 0.0748. The molecule has 1 amide bonds. The van der Waals surface area contributed by atoms with Crippen molar-refractivity contribution in [2.24, 2.45) is 5.73 Å². The first-order chi connectivity index (χ1) is 7.06. The quantitative estimate of drug-likeness (QED) is 0.845. The number of benzene rings is 1. The second-order valence-electron chi connectivity index (χ2n) is 3.51. The van der Waals surface area contributed by atoms with Gasteiger partial charge >= 0.3 is 0 Å². The molecule has 5 heteroatoms. The monoisotopic (exact) mass is 354 g/mol. The van der Waals surface area contributed by atoms with Crippen LogP contribution in [0.1, 0.15) is 17.3 Å². The zero-order chi connectivity index (χ0) is 11.4. The second-order valence-corrected chi connectivity index (χ2v) is 4.76. The number of likely N-dealkylation sites (N-methyl/N-ethyl adjacent to an activating group) is 1. The summed E-state index contributed by atoms with van der Waals surface area (Å²) in [5.74, 6) is 0.0199. The molecule has 1 atom stereocenters. The fourth-order valence-electron chi connectivity index (χ4n) is 1.18. The number of hydrogen-bond donors (Lipinski definition) is 1. The maximum Gasteiger partial charge on any atom is 0.253 e. The van der Waals surface area contributed by atoms with Crippen LogP contribution in [0, 0.1) is 3.57 Å². The van der Waals surface area contributed by atoms with Crippen molar-refractivity contribution in [1.29, 1.82) is 0 Å². The predicted molar refractivity (Wildman–Crippen MR) is 77.0 cm³/mol. The fraction of sp³-hybridized carbons (Fsp3) is 0.364. The van der Waals surface area contributed by atoms with Gasteiger partial charge in [-0.2, -0.15) is 0 Å². The second kappa shape index (κ2) is 7.09. The standard InChI is InChI=1S/C11H15IN2O.ClH/c1-8(7-13)14(2)11(15)9-4-3-5-10(12)6-9;/h3-6,8H,7,13H2,1-2H3;1H. The lowest BCUT2D eigenvalue weighted by Crippen LogP contribution is -2.39. The summed E-state index contributed by atoms with van der Waals surface area (Å²) in [6.45, 7) is 2.41. The molecule has 16 heavy (non-hydrogen) atoms. The Labute approximate surface area is 116 Å². The molecule has 0 bridgehead atoms. The van der Waals surface area contributed by atoms with Crippen LogP contribution in [-0.2, 0) is 0 Å². The molecule has 0 fully saturated rings. The van der Waals surface area contributed by atoms with Gasteiger partial charge in [0.2, 0.25) is 0 Å². The zero-order valence-electron chi connectivity index (χ0n) is 9.31.